The van der Waals surface area contributed by atoms with Crippen molar-refractivity contribution < 1.29 is 4.92 Å². The molecule has 0 saturated heterocycles. The second-order valence-electron chi connectivity index (χ2n) is 3.11. The van der Waals surface area contributed by atoms with Gasteiger partial charge in [-0.3, -0.25) is 10.1 Å². The largest absolute Gasteiger partial charge is 0.259 e. The van der Waals surface area contributed by atoms with Crippen LogP contribution in [0.4, 0.5) is 0 Å². The average Bonchev–Trinajstić information content (AvgIpc) is 2.40. The van der Waals surface area contributed by atoms with Gasteiger partial charge < -0.3 is 0 Å². The van der Waals surface area contributed by atoms with Gasteiger partial charge in [-0.2, -0.15) is 0 Å². The average molecular weight is 211 g/mol. The number of rotatable bonds is 3. The Morgan fingerprint density at radius 2 is 2.29 bits per heavy atom. The molecule has 0 atom stereocenters. The lowest BCUT2D eigenvalue weighted by Crippen LogP contribution is -1.96. The molecule has 1 aromatic rings. The SMILES string of the molecule is CC/C(=C/c1cc(C)sc1C)[N+](=O)[O-]. The van der Waals surface area contributed by atoms with Crippen LogP contribution >= 0.6 is 11.3 Å². The highest BCUT2D eigenvalue weighted by atomic mass is 32.1. The third kappa shape index (κ3) is 2.42. The molecule has 0 spiro atoms. The number of hydrogen-bond donors (Lipinski definition) is 0. The summed E-state index contributed by atoms with van der Waals surface area (Å²) in [7, 11) is 0. The molecule has 4 heteroatoms. The van der Waals surface area contributed by atoms with Gasteiger partial charge in [-0.15, -0.1) is 11.3 Å². The normalized spacial score (nSPS) is 11.8. The first kappa shape index (κ1) is 10.9. The number of hydrogen-bond acceptors (Lipinski definition) is 3. The molecule has 1 rings (SSSR count). The van der Waals surface area contributed by atoms with E-state index in [1.54, 1.807) is 24.3 Å². The topological polar surface area (TPSA) is 43.1 Å². The van der Waals surface area contributed by atoms with E-state index in [2.05, 4.69) is 0 Å². The third-order valence-corrected chi connectivity index (χ3v) is 2.98. The number of nitro groups is 1. The van der Waals surface area contributed by atoms with E-state index in [0.717, 1.165) is 10.4 Å². The van der Waals surface area contributed by atoms with E-state index in [9.17, 15) is 10.1 Å². The van der Waals surface area contributed by atoms with E-state index in [4.69, 9.17) is 0 Å². The van der Waals surface area contributed by atoms with E-state index < -0.39 is 0 Å². The fraction of sp³-hybridized carbons (Fsp3) is 0.400. The van der Waals surface area contributed by atoms with Crippen molar-refractivity contribution in [2.24, 2.45) is 0 Å². The molecule has 0 aliphatic rings. The van der Waals surface area contributed by atoms with Gasteiger partial charge in [0.15, 0.2) is 0 Å². The molecule has 0 amide bonds. The summed E-state index contributed by atoms with van der Waals surface area (Å²) in [6.07, 6.45) is 2.13. The second-order valence-corrected chi connectivity index (χ2v) is 4.58. The van der Waals surface area contributed by atoms with E-state index >= 15 is 0 Å². The van der Waals surface area contributed by atoms with Crippen molar-refractivity contribution in [1.82, 2.24) is 0 Å². The Bertz CT molecular complexity index is 379. The monoisotopic (exact) mass is 211 g/mol. The minimum atomic E-state index is -0.313. The molecule has 1 aromatic heterocycles. The van der Waals surface area contributed by atoms with Crippen molar-refractivity contribution in [3.05, 3.63) is 37.2 Å². The summed E-state index contributed by atoms with van der Waals surface area (Å²) in [4.78, 5) is 12.6. The molecule has 0 fully saturated rings. The summed E-state index contributed by atoms with van der Waals surface area (Å²) >= 11 is 1.67. The van der Waals surface area contributed by atoms with Gasteiger partial charge >= 0.3 is 0 Å². The fourth-order valence-electron chi connectivity index (χ4n) is 1.26. The lowest BCUT2D eigenvalue weighted by molar-refractivity contribution is -0.425. The maximum absolute atomic E-state index is 10.6. The zero-order chi connectivity index (χ0) is 10.7. The Kier molecular flexibility index (Phi) is 3.41. The lowest BCUT2D eigenvalue weighted by atomic mass is 10.2. The Hall–Kier alpha value is -1.16. The van der Waals surface area contributed by atoms with Gasteiger partial charge in [-0.05, 0) is 25.5 Å². The molecule has 0 aliphatic heterocycles. The molecule has 0 saturated carbocycles. The number of allylic oxidation sites excluding steroid dienone is 1. The van der Waals surface area contributed by atoms with Gasteiger partial charge in [0.25, 0.3) is 0 Å². The van der Waals surface area contributed by atoms with Gasteiger partial charge in [-0.1, -0.05) is 6.92 Å². The van der Waals surface area contributed by atoms with Gasteiger partial charge in [0, 0.05) is 22.3 Å². The highest BCUT2D eigenvalue weighted by Gasteiger charge is 2.09. The summed E-state index contributed by atoms with van der Waals surface area (Å²) < 4.78 is 0. The predicted octanol–water partition coefficient (Wildman–Crippen LogP) is 3.39. The highest BCUT2D eigenvalue weighted by Crippen LogP contribution is 2.23. The van der Waals surface area contributed by atoms with Crippen LogP contribution in [0.5, 0.6) is 0 Å². The molecular weight excluding hydrogens is 198 g/mol. The van der Waals surface area contributed by atoms with Crippen molar-refractivity contribution in [1.29, 1.82) is 0 Å². The second kappa shape index (κ2) is 4.37. The van der Waals surface area contributed by atoms with Crippen LogP contribution in [0.1, 0.15) is 28.7 Å². The number of thiophene rings is 1. The Morgan fingerprint density at radius 1 is 1.64 bits per heavy atom. The summed E-state index contributed by atoms with van der Waals surface area (Å²) in [5.41, 5.74) is 1.24. The van der Waals surface area contributed by atoms with Gasteiger partial charge in [-0.25, -0.2) is 0 Å². The molecule has 0 radical (unpaired) electrons. The maximum atomic E-state index is 10.6. The minimum Gasteiger partial charge on any atom is -0.259 e. The van der Waals surface area contributed by atoms with Crippen LogP contribution in [0, 0.1) is 24.0 Å². The first-order valence-corrected chi connectivity index (χ1v) is 5.28. The van der Waals surface area contributed by atoms with Crippen molar-refractivity contribution in [2.75, 3.05) is 0 Å². The zero-order valence-electron chi connectivity index (χ0n) is 8.53. The van der Waals surface area contributed by atoms with Crippen LogP contribution in [0.25, 0.3) is 6.08 Å². The van der Waals surface area contributed by atoms with Crippen molar-refractivity contribution in [3.8, 4) is 0 Å². The molecule has 1 heterocycles. The first-order valence-electron chi connectivity index (χ1n) is 4.46. The highest BCUT2D eigenvalue weighted by molar-refractivity contribution is 7.12. The predicted molar refractivity (Wildman–Crippen MR) is 59.1 cm³/mol. The first-order chi connectivity index (χ1) is 6.54. The van der Waals surface area contributed by atoms with Crippen LogP contribution < -0.4 is 0 Å². The van der Waals surface area contributed by atoms with Crippen molar-refractivity contribution >= 4 is 17.4 Å². The van der Waals surface area contributed by atoms with E-state index in [1.165, 1.54) is 4.88 Å². The molecule has 0 unspecified atom stereocenters. The third-order valence-electron chi connectivity index (χ3n) is 2.00. The molecule has 0 N–H and O–H groups in total. The maximum Gasteiger partial charge on any atom is 0.246 e. The van der Waals surface area contributed by atoms with E-state index in [0.29, 0.717) is 6.42 Å². The Balaban J connectivity index is 3.06. The lowest BCUT2D eigenvalue weighted by Gasteiger charge is -1.93. The standard InChI is InChI=1S/C10H13NO2S/c1-4-10(11(12)13)6-9-5-7(2)14-8(9)3/h5-6H,4H2,1-3H3/b10-6-. The molecule has 3 nitrogen and oxygen atoms in total. The van der Waals surface area contributed by atoms with Crippen LogP contribution in [-0.4, -0.2) is 4.92 Å². The molecular formula is C10H13NO2S. The van der Waals surface area contributed by atoms with Crippen LogP contribution in [0.2, 0.25) is 0 Å². The molecule has 0 aliphatic carbocycles. The smallest absolute Gasteiger partial charge is 0.246 e. The Morgan fingerprint density at radius 3 is 2.64 bits per heavy atom. The van der Waals surface area contributed by atoms with Crippen LogP contribution in [0.3, 0.4) is 0 Å². The number of nitrogens with zero attached hydrogens (tertiary/aromatic N) is 1. The summed E-state index contributed by atoms with van der Waals surface area (Å²) in [5.74, 6) is 0. The minimum absolute atomic E-state index is 0.269. The summed E-state index contributed by atoms with van der Waals surface area (Å²) in [6, 6.07) is 1.99. The quantitative estimate of drug-likeness (QED) is 0.568. The van der Waals surface area contributed by atoms with Crippen LogP contribution in [-0.2, 0) is 0 Å². The van der Waals surface area contributed by atoms with Crippen LogP contribution in [0.15, 0.2) is 11.8 Å². The number of aryl methyl sites for hydroxylation is 2. The van der Waals surface area contributed by atoms with Gasteiger partial charge in [0.1, 0.15) is 0 Å². The van der Waals surface area contributed by atoms with Crippen molar-refractivity contribution in [3.63, 3.8) is 0 Å². The van der Waals surface area contributed by atoms with Gasteiger partial charge in [0.05, 0.1) is 4.92 Å². The van der Waals surface area contributed by atoms with Gasteiger partial charge in [0.2, 0.25) is 5.70 Å². The van der Waals surface area contributed by atoms with E-state index in [1.807, 2.05) is 19.9 Å². The fourth-order valence-corrected chi connectivity index (χ4v) is 2.16. The molecule has 0 bridgehead atoms. The molecule has 0 aromatic carbocycles. The summed E-state index contributed by atoms with van der Waals surface area (Å²) in [6.45, 7) is 5.78. The Labute approximate surface area is 87.2 Å². The molecule has 76 valence electrons. The molecule has 14 heavy (non-hydrogen) atoms. The van der Waals surface area contributed by atoms with Crippen molar-refractivity contribution in [2.45, 2.75) is 27.2 Å². The summed E-state index contributed by atoms with van der Waals surface area (Å²) in [5, 5.41) is 10.6. The zero-order valence-corrected chi connectivity index (χ0v) is 9.35. The van der Waals surface area contributed by atoms with E-state index in [-0.39, 0.29) is 10.6 Å².